The van der Waals surface area contributed by atoms with E-state index in [9.17, 15) is 9.59 Å². The van der Waals surface area contributed by atoms with Crippen molar-refractivity contribution in [2.45, 2.75) is 6.92 Å². The quantitative estimate of drug-likeness (QED) is 0.767. The largest absolute Gasteiger partial charge is 0.322 e. The SMILES string of the molecule is Cc1cc(C(=O)Nc2cccc(NC(=O)c3ccncc3)c2)n(C)n1. The van der Waals surface area contributed by atoms with Crippen molar-refractivity contribution in [2.75, 3.05) is 10.6 Å². The second-order valence-electron chi connectivity index (χ2n) is 5.52. The van der Waals surface area contributed by atoms with Gasteiger partial charge in [0.2, 0.25) is 0 Å². The number of nitrogens with one attached hydrogen (secondary N) is 2. The Hall–Kier alpha value is -3.48. The molecule has 0 saturated heterocycles. The molecular weight excluding hydrogens is 318 g/mol. The van der Waals surface area contributed by atoms with Crippen molar-refractivity contribution in [3.8, 4) is 0 Å². The van der Waals surface area contributed by atoms with Crippen molar-refractivity contribution in [3.05, 3.63) is 71.8 Å². The van der Waals surface area contributed by atoms with Gasteiger partial charge in [-0.2, -0.15) is 5.10 Å². The van der Waals surface area contributed by atoms with E-state index in [1.165, 1.54) is 4.68 Å². The smallest absolute Gasteiger partial charge is 0.273 e. The molecule has 7 heteroatoms. The zero-order valence-electron chi connectivity index (χ0n) is 13.9. The van der Waals surface area contributed by atoms with Gasteiger partial charge in [0.05, 0.1) is 5.69 Å². The molecule has 0 atom stereocenters. The molecule has 2 amide bonds. The van der Waals surface area contributed by atoms with Crippen LogP contribution in [0.5, 0.6) is 0 Å². The summed E-state index contributed by atoms with van der Waals surface area (Å²) in [6.07, 6.45) is 3.11. The number of carbonyl (C=O) groups excluding carboxylic acids is 2. The molecule has 7 nitrogen and oxygen atoms in total. The van der Waals surface area contributed by atoms with Crippen molar-refractivity contribution in [1.29, 1.82) is 0 Å². The van der Waals surface area contributed by atoms with Gasteiger partial charge >= 0.3 is 0 Å². The molecule has 0 aliphatic carbocycles. The minimum atomic E-state index is -0.263. The van der Waals surface area contributed by atoms with Crippen LogP contribution in [0.15, 0.2) is 54.9 Å². The monoisotopic (exact) mass is 335 g/mol. The van der Waals surface area contributed by atoms with E-state index in [1.54, 1.807) is 61.9 Å². The summed E-state index contributed by atoms with van der Waals surface area (Å²) in [5, 5.41) is 9.75. The number of benzene rings is 1. The third-order valence-corrected chi connectivity index (χ3v) is 3.56. The second kappa shape index (κ2) is 6.96. The van der Waals surface area contributed by atoms with Crippen molar-refractivity contribution < 1.29 is 9.59 Å². The molecule has 0 spiro atoms. The lowest BCUT2D eigenvalue weighted by Gasteiger charge is -2.09. The van der Waals surface area contributed by atoms with Crippen molar-refractivity contribution in [1.82, 2.24) is 14.8 Å². The first kappa shape index (κ1) is 16.4. The Bertz CT molecular complexity index is 918. The molecule has 0 radical (unpaired) electrons. The highest BCUT2D eigenvalue weighted by molar-refractivity contribution is 6.05. The average Bonchev–Trinajstić information content (AvgIpc) is 2.94. The number of pyridine rings is 1. The molecule has 126 valence electrons. The summed E-state index contributed by atoms with van der Waals surface area (Å²) in [6.45, 7) is 1.83. The number of aryl methyl sites for hydroxylation is 2. The van der Waals surface area contributed by atoms with Crippen LogP contribution in [-0.2, 0) is 7.05 Å². The first-order chi connectivity index (χ1) is 12.0. The fourth-order valence-corrected chi connectivity index (χ4v) is 2.40. The molecule has 3 rings (SSSR count). The highest BCUT2D eigenvalue weighted by Gasteiger charge is 2.12. The number of amides is 2. The molecule has 3 aromatic rings. The summed E-state index contributed by atoms with van der Waals surface area (Å²) < 4.78 is 1.53. The van der Waals surface area contributed by atoms with Gasteiger partial charge in [0, 0.05) is 36.4 Å². The predicted octanol–water partition coefficient (Wildman–Crippen LogP) is 2.63. The van der Waals surface area contributed by atoms with Gasteiger partial charge in [-0.1, -0.05) is 6.07 Å². The van der Waals surface area contributed by atoms with Gasteiger partial charge in [0.15, 0.2) is 0 Å². The van der Waals surface area contributed by atoms with Gasteiger partial charge < -0.3 is 10.6 Å². The molecule has 0 aliphatic rings. The van der Waals surface area contributed by atoms with E-state index in [0.717, 1.165) is 5.69 Å². The van der Waals surface area contributed by atoms with Crippen molar-refractivity contribution in [2.24, 2.45) is 7.05 Å². The Morgan fingerprint density at radius 1 is 0.960 bits per heavy atom. The standard InChI is InChI=1S/C18H17N5O2/c1-12-10-16(23(2)22-12)18(25)21-15-5-3-4-14(11-15)20-17(24)13-6-8-19-9-7-13/h3-11H,1-2H3,(H,20,24)(H,21,25). The number of rotatable bonds is 4. The third kappa shape index (κ3) is 3.89. The first-order valence-electron chi connectivity index (χ1n) is 7.66. The summed E-state index contributed by atoms with van der Waals surface area (Å²) >= 11 is 0. The summed E-state index contributed by atoms with van der Waals surface area (Å²) in [4.78, 5) is 28.4. The van der Waals surface area contributed by atoms with E-state index in [0.29, 0.717) is 22.6 Å². The number of carbonyl (C=O) groups is 2. The van der Waals surface area contributed by atoms with Crippen LogP contribution >= 0.6 is 0 Å². The summed E-state index contributed by atoms with van der Waals surface area (Å²) in [5.74, 6) is -0.506. The van der Waals surface area contributed by atoms with Crippen LogP contribution in [-0.4, -0.2) is 26.6 Å². The lowest BCUT2D eigenvalue weighted by Crippen LogP contribution is -2.16. The Kier molecular flexibility index (Phi) is 4.56. The van der Waals surface area contributed by atoms with Crippen LogP contribution in [0.1, 0.15) is 26.5 Å². The van der Waals surface area contributed by atoms with Crippen LogP contribution in [0.3, 0.4) is 0 Å². The molecule has 2 aromatic heterocycles. The van der Waals surface area contributed by atoms with Gasteiger partial charge in [-0.05, 0) is 43.3 Å². The number of hydrogen-bond acceptors (Lipinski definition) is 4. The van der Waals surface area contributed by atoms with Gasteiger partial charge in [-0.3, -0.25) is 19.3 Å². The van der Waals surface area contributed by atoms with Crippen LogP contribution in [0.2, 0.25) is 0 Å². The minimum Gasteiger partial charge on any atom is -0.322 e. The Morgan fingerprint density at radius 2 is 1.60 bits per heavy atom. The highest BCUT2D eigenvalue weighted by atomic mass is 16.2. The lowest BCUT2D eigenvalue weighted by molar-refractivity contribution is 0.101. The molecular formula is C18H17N5O2. The Labute approximate surface area is 144 Å². The molecule has 1 aromatic carbocycles. The maximum Gasteiger partial charge on any atom is 0.273 e. The van der Waals surface area contributed by atoms with Crippen LogP contribution in [0.25, 0.3) is 0 Å². The van der Waals surface area contributed by atoms with E-state index >= 15 is 0 Å². The molecule has 0 aliphatic heterocycles. The molecule has 2 N–H and O–H groups in total. The van der Waals surface area contributed by atoms with Gasteiger partial charge in [-0.15, -0.1) is 0 Å². The van der Waals surface area contributed by atoms with Gasteiger partial charge in [-0.25, -0.2) is 0 Å². The van der Waals surface area contributed by atoms with Crippen LogP contribution in [0.4, 0.5) is 11.4 Å². The first-order valence-corrected chi connectivity index (χ1v) is 7.66. The summed E-state index contributed by atoms with van der Waals surface area (Å²) in [6, 6.07) is 11.9. The number of nitrogens with zero attached hydrogens (tertiary/aromatic N) is 3. The summed E-state index contributed by atoms with van der Waals surface area (Å²) in [5.41, 5.74) is 2.90. The predicted molar refractivity (Wildman–Crippen MR) is 94.5 cm³/mol. The zero-order chi connectivity index (χ0) is 17.8. The highest BCUT2D eigenvalue weighted by Crippen LogP contribution is 2.17. The lowest BCUT2D eigenvalue weighted by atomic mass is 10.2. The normalized spacial score (nSPS) is 10.3. The maximum absolute atomic E-state index is 12.3. The molecule has 0 unspecified atom stereocenters. The number of aromatic nitrogens is 3. The Balaban J connectivity index is 1.72. The van der Waals surface area contributed by atoms with Gasteiger partial charge in [0.1, 0.15) is 5.69 Å². The third-order valence-electron chi connectivity index (χ3n) is 3.56. The number of anilines is 2. The van der Waals surface area contributed by atoms with E-state index in [2.05, 4.69) is 20.7 Å². The molecule has 2 heterocycles. The zero-order valence-corrected chi connectivity index (χ0v) is 13.9. The van der Waals surface area contributed by atoms with Crippen LogP contribution in [0, 0.1) is 6.92 Å². The van der Waals surface area contributed by atoms with E-state index in [4.69, 9.17) is 0 Å². The topological polar surface area (TPSA) is 88.9 Å². The van der Waals surface area contributed by atoms with E-state index < -0.39 is 0 Å². The number of hydrogen-bond donors (Lipinski definition) is 2. The molecule has 25 heavy (non-hydrogen) atoms. The minimum absolute atomic E-state index is 0.242. The van der Waals surface area contributed by atoms with Crippen molar-refractivity contribution in [3.63, 3.8) is 0 Å². The summed E-state index contributed by atoms with van der Waals surface area (Å²) in [7, 11) is 1.72. The van der Waals surface area contributed by atoms with Crippen LogP contribution < -0.4 is 10.6 Å². The Morgan fingerprint density at radius 3 is 2.20 bits per heavy atom. The maximum atomic E-state index is 12.3. The molecule has 0 bridgehead atoms. The van der Waals surface area contributed by atoms with E-state index in [-0.39, 0.29) is 11.8 Å². The fraction of sp³-hybridized carbons (Fsp3) is 0.111. The average molecular weight is 335 g/mol. The second-order valence-corrected chi connectivity index (χ2v) is 5.52. The molecule has 0 fully saturated rings. The molecule has 0 saturated carbocycles. The van der Waals surface area contributed by atoms with Crippen molar-refractivity contribution >= 4 is 23.2 Å². The fourth-order valence-electron chi connectivity index (χ4n) is 2.40. The van der Waals surface area contributed by atoms with Gasteiger partial charge in [0.25, 0.3) is 11.8 Å². The van der Waals surface area contributed by atoms with E-state index in [1.807, 2.05) is 6.92 Å².